The van der Waals surface area contributed by atoms with Crippen molar-refractivity contribution in [1.29, 1.82) is 5.26 Å². The van der Waals surface area contributed by atoms with Crippen molar-refractivity contribution in [2.24, 2.45) is 11.8 Å². The van der Waals surface area contributed by atoms with Gasteiger partial charge in [-0.3, -0.25) is 0 Å². The van der Waals surface area contributed by atoms with Gasteiger partial charge >= 0.3 is 0 Å². The second-order valence-corrected chi connectivity index (χ2v) is 3.50. The minimum Gasteiger partial charge on any atom is -0.301 e. The average molecular weight is 148 g/mol. The highest BCUT2D eigenvalue weighted by molar-refractivity contribution is 5.20. The third-order valence-corrected chi connectivity index (χ3v) is 2.91. The zero-order valence-electron chi connectivity index (χ0n) is 6.51. The minimum atomic E-state index is 0.0509. The van der Waals surface area contributed by atoms with E-state index in [0.29, 0.717) is 11.8 Å². The fourth-order valence-electron chi connectivity index (χ4n) is 2.32. The molecule has 0 aromatic rings. The van der Waals surface area contributed by atoms with E-state index in [4.69, 9.17) is 5.26 Å². The van der Waals surface area contributed by atoms with E-state index in [1.807, 2.05) is 0 Å². The molecule has 3 atom stereocenters. The molecule has 0 bridgehead atoms. The van der Waals surface area contributed by atoms with Gasteiger partial charge in [0.05, 0.1) is 6.07 Å². The molecule has 2 nitrogen and oxygen atoms in total. The van der Waals surface area contributed by atoms with Gasteiger partial charge in [-0.2, -0.15) is 5.26 Å². The topological polar surface area (TPSA) is 35.8 Å². The summed E-state index contributed by atoms with van der Waals surface area (Å²) in [7, 11) is 0. The Balaban J connectivity index is 2.21. The van der Waals surface area contributed by atoms with Gasteiger partial charge < -0.3 is 5.32 Å². The average Bonchev–Trinajstić information content (AvgIpc) is 2.54. The first kappa shape index (κ1) is 6.87. The minimum absolute atomic E-state index is 0.0509. The first-order valence-electron chi connectivity index (χ1n) is 4.13. The lowest BCUT2D eigenvalue weighted by molar-refractivity contribution is 0.507. The molecule has 58 valence electrons. The van der Waals surface area contributed by atoms with Crippen LogP contribution in [0.15, 0.2) is 12.2 Å². The fraction of sp³-hybridized carbons (Fsp3) is 0.667. The van der Waals surface area contributed by atoms with E-state index in [-0.39, 0.29) is 6.04 Å². The molecule has 1 aliphatic heterocycles. The number of rotatable bonds is 0. The smallest absolute Gasteiger partial charge is 0.102 e. The van der Waals surface area contributed by atoms with Gasteiger partial charge in [0.1, 0.15) is 6.04 Å². The Labute approximate surface area is 66.9 Å². The monoisotopic (exact) mass is 148 g/mol. The highest BCUT2D eigenvalue weighted by atomic mass is 15.0. The van der Waals surface area contributed by atoms with Crippen LogP contribution in [0.1, 0.15) is 12.8 Å². The molecule has 1 aliphatic carbocycles. The summed E-state index contributed by atoms with van der Waals surface area (Å²) in [6.07, 6.45) is 2.36. The maximum absolute atomic E-state index is 8.78. The van der Waals surface area contributed by atoms with Crippen LogP contribution in [-0.2, 0) is 0 Å². The number of fused-ring (bicyclic) bond motifs is 1. The molecule has 2 aliphatic rings. The molecule has 2 fully saturated rings. The first-order valence-corrected chi connectivity index (χ1v) is 4.13. The molecular formula is C9H12N2. The summed E-state index contributed by atoms with van der Waals surface area (Å²) in [5.41, 5.74) is 1.28. The van der Waals surface area contributed by atoms with Crippen molar-refractivity contribution in [3.8, 4) is 6.07 Å². The van der Waals surface area contributed by atoms with Gasteiger partial charge in [-0.25, -0.2) is 0 Å². The number of hydrogen-bond donors (Lipinski definition) is 1. The fourth-order valence-corrected chi connectivity index (χ4v) is 2.32. The molecule has 0 aromatic carbocycles. The van der Waals surface area contributed by atoms with Crippen LogP contribution in [-0.4, -0.2) is 12.6 Å². The third-order valence-electron chi connectivity index (χ3n) is 2.91. The van der Waals surface area contributed by atoms with Gasteiger partial charge in [0.15, 0.2) is 0 Å². The van der Waals surface area contributed by atoms with Crippen LogP contribution in [0.25, 0.3) is 0 Å². The molecule has 3 unspecified atom stereocenters. The molecule has 0 radical (unpaired) electrons. The van der Waals surface area contributed by atoms with Crippen LogP contribution < -0.4 is 5.32 Å². The lowest BCUT2D eigenvalue weighted by Crippen LogP contribution is -2.25. The maximum Gasteiger partial charge on any atom is 0.102 e. The molecule has 0 spiro atoms. The van der Waals surface area contributed by atoms with Crippen molar-refractivity contribution in [3.05, 3.63) is 12.2 Å². The quantitative estimate of drug-likeness (QED) is 0.521. The Hall–Kier alpha value is -0.810. The van der Waals surface area contributed by atoms with Gasteiger partial charge in [-0.15, -0.1) is 0 Å². The Kier molecular flexibility index (Phi) is 1.47. The van der Waals surface area contributed by atoms with Crippen LogP contribution >= 0.6 is 0 Å². The van der Waals surface area contributed by atoms with Crippen molar-refractivity contribution < 1.29 is 0 Å². The van der Waals surface area contributed by atoms with Crippen molar-refractivity contribution in [1.82, 2.24) is 5.32 Å². The van der Waals surface area contributed by atoms with Gasteiger partial charge in [-0.05, 0) is 25.3 Å². The maximum atomic E-state index is 8.78. The predicted octanol–water partition coefficient (Wildman–Crippen LogP) is 1.06. The Morgan fingerprint density at radius 1 is 1.64 bits per heavy atom. The standard InChI is InChI=1S/C9H12N2/c1-6-2-3-7-5-11-8(4-10)9(6)7/h7-9,11H,1-3,5H2. The number of nitriles is 1. The summed E-state index contributed by atoms with van der Waals surface area (Å²) >= 11 is 0. The summed E-state index contributed by atoms with van der Waals surface area (Å²) in [6, 6.07) is 2.34. The van der Waals surface area contributed by atoms with Crippen molar-refractivity contribution in [2.75, 3.05) is 6.54 Å². The second-order valence-electron chi connectivity index (χ2n) is 3.50. The molecule has 1 N–H and O–H groups in total. The highest BCUT2D eigenvalue weighted by Gasteiger charge is 2.41. The molecule has 2 rings (SSSR count). The van der Waals surface area contributed by atoms with Crippen LogP contribution in [0.2, 0.25) is 0 Å². The lowest BCUT2D eigenvalue weighted by atomic mass is 9.92. The van der Waals surface area contributed by atoms with E-state index in [1.54, 1.807) is 0 Å². The second kappa shape index (κ2) is 2.35. The van der Waals surface area contributed by atoms with E-state index in [0.717, 1.165) is 13.0 Å². The van der Waals surface area contributed by atoms with Crippen LogP contribution in [0.4, 0.5) is 0 Å². The van der Waals surface area contributed by atoms with Gasteiger partial charge in [0.25, 0.3) is 0 Å². The summed E-state index contributed by atoms with van der Waals surface area (Å²) in [5, 5.41) is 12.0. The van der Waals surface area contributed by atoms with E-state index >= 15 is 0 Å². The van der Waals surface area contributed by atoms with E-state index in [1.165, 1.54) is 12.0 Å². The first-order chi connectivity index (χ1) is 5.33. The lowest BCUT2D eigenvalue weighted by Gasteiger charge is -2.11. The molecular weight excluding hydrogens is 136 g/mol. The van der Waals surface area contributed by atoms with Crippen LogP contribution in [0.3, 0.4) is 0 Å². The molecule has 1 saturated heterocycles. The third kappa shape index (κ3) is 0.883. The van der Waals surface area contributed by atoms with Crippen molar-refractivity contribution in [3.63, 3.8) is 0 Å². The zero-order chi connectivity index (χ0) is 7.84. The molecule has 11 heavy (non-hydrogen) atoms. The van der Waals surface area contributed by atoms with Crippen LogP contribution in [0.5, 0.6) is 0 Å². The highest BCUT2D eigenvalue weighted by Crippen LogP contribution is 2.40. The predicted molar refractivity (Wildman–Crippen MR) is 42.8 cm³/mol. The summed E-state index contributed by atoms with van der Waals surface area (Å²) in [5.74, 6) is 1.16. The Bertz CT molecular complexity index is 226. The molecule has 1 heterocycles. The van der Waals surface area contributed by atoms with Crippen molar-refractivity contribution >= 4 is 0 Å². The number of nitrogens with one attached hydrogen (secondary N) is 1. The van der Waals surface area contributed by atoms with Crippen molar-refractivity contribution in [2.45, 2.75) is 18.9 Å². The summed E-state index contributed by atoms with van der Waals surface area (Å²) in [6.45, 7) is 5.02. The van der Waals surface area contributed by atoms with Gasteiger partial charge in [0.2, 0.25) is 0 Å². The van der Waals surface area contributed by atoms with E-state index in [9.17, 15) is 0 Å². The van der Waals surface area contributed by atoms with E-state index < -0.39 is 0 Å². The SMILES string of the molecule is C=C1CCC2CNC(C#N)C12. The summed E-state index contributed by atoms with van der Waals surface area (Å²) < 4.78 is 0. The van der Waals surface area contributed by atoms with E-state index in [2.05, 4.69) is 18.0 Å². The Morgan fingerprint density at radius 2 is 2.45 bits per heavy atom. The van der Waals surface area contributed by atoms with Gasteiger partial charge in [-0.1, -0.05) is 12.2 Å². The number of nitrogens with zero attached hydrogens (tertiary/aromatic N) is 1. The summed E-state index contributed by atoms with van der Waals surface area (Å²) in [4.78, 5) is 0. The van der Waals surface area contributed by atoms with Crippen LogP contribution in [0, 0.1) is 23.2 Å². The zero-order valence-corrected chi connectivity index (χ0v) is 6.51. The van der Waals surface area contributed by atoms with Gasteiger partial charge in [0, 0.05) is 5.92 Å². The Morgan fingerprint density at radius 3 is 3.18 bits per heavy atom. The molecule has 0 aromatic heterocycles. The normalized spacial score (nSPS) is 42.1. The largest absolute Gasteiger partial charge is 0.301 e. The molecule has 1 saturated carbocycles. The molecule has 0 amide bonds. The molecule has 2 heteroatoms. The number of hydrogen-bond acceptors (Lipinski definition) is 2.